The highest BCUT2D eigenvalue weighted by atomic mass is 35.5. The summed E-state index contributed by atoms with van der Waals surface area (Å²) in [5.41, 5.74) is 0.144. The molecule has 1 rings (SSSR count). The maximum Gasteiger partial charge on any atom is 0.326 e. The van der Waals surface area contributed by atoms with Gasteiger partial charge in [-0.1, -0.05) is 23.7 Å². The minimum absolute atomic E-state index is 0.144. The lowest BCUT2D eigenvalue weighted by Crippen LogP contribution is -2.41. The van der Waals surface area contributed by atoms with Gasteiger partial charge >= 0.3 is 11.9 Å². The lowest BCUT2D eigenvalue weighted by atomic mass is 10.1. The van der Waals surface area contributed by atoms with E-state index in [4.69, 9.17) is 21.8 Å². The van der Waals surface area contributed by atoms with Crippen LogP contribution in [0.2, 0.25) is 5.02 Å². The smallest absolute Gasteiger partial charge is 0.326 e. The summed E-state index contributed by atoms with van der Waals surface area (Å²) in [6.45, 7) is 0. The van der Waals surface area contributed by atoms with Gasteiger partial charge < -0.3 is 15.5 Å². The number of rotatable bonds is 6. The molecule has 0 fully saturated rings. The van der Waals surface area contributed by atoms with Crippen LogP contribution in [0.15, 0.2) is 24.3 Å². The van der Waals surface area contributed by atoms with Crippen LogP contribution in [-0.4, -0.2) is 34.1 Å². The first-order valence-corrected chi connectivity index (χ1v) is 5.79. The van der Waals surface area contributed by atoms with E-state index in [1.54, 1.807) is 12.1 Å². The van der Waals surface area contributed by atoms with Crippen molar-refractivity contribution in [3.8, 4) is 0 Å². The molecule has 7 heteroatoms. The molecule has 0 aliphatic carbocycles. The molecule has 0 radical (unpaired) electrons. The standard InChI is InChI=1S/C12H12ClNO5/c13-8-4-2-1-3-7(8)11(17)14-9(12(18)19)5-6-10(15)16/h1-4,9H,5-6H2,(H,14,17)(H,15,16)(H,18,19)/t9-/m1/s1. The van der Waals surface area contributed by atoms with Crippen LogP contribution in [0.25, 0.3) is 0 Å². The zero-order valence-corrected chi connectivity index (χ0v) is 10.6. The molecular weight excluding hydrogens is 274 g/mol. The molecular formula is C12H12ClNO5. The Balaban J connectivity index is 2.74. The highest BCUT2D eigenvalue weighted by molar-refractivity contribution is 6.33. The molecule has 1 aromatic carbocycles. The van der Waals surface area contributed by atoms with Gasteiger partial charge in [-0.05, 0) is 18.6 Å². The highest BCUT2D eigenvalue weighted by Gasteiger charge is 2.22. The minimum Gasteiger partial charge on any atom is -0.481 e. The largest absolute Gasteiger partial charge is 0.481 e. The number of carbonyl (C=O) groups is 3. The third-order valence-electron chi connectivity index (χ3n) is 2.37. The number of aliphatic carboxylic acids is 2. The van der Waals surface area contributed by atoms with E-state index in [0.29, 0.717) is 0 Å². The Bertz CT molecular complexity index is 503. The first-order valence-electron chi connectivity index (χ1n) is 5.42. The number of carboxylic acids is 2. The van der Waals surface area contributed by atoms with Crippen LogP contribution >= 0.6 is 11.6 Å². The fourth-order valence-corrected chi connectivity index (χ4v) is 1.63. The Labute approximate surface area is 114 Å². The zero-order chi connectivity index (χ0) is 14.4. The molecule has 0 saturated carbocycles. The maximum absolute atomic E-state index is 11.8. The number of halogens is 1. The minimum atomic E-state index is -1.29. The third-order valence-corrected chi connectivity index (χ3v) is 2.70. The summed E-state index contributed by atoms with van der Waals surface area (Å²) in [7, 11) is 0. The monoisotopic (exact) mass is 285 g/mol. The Hall–Kier alpha value is -2.08. The van der Waals surface area contributed by atoms with E-state index in [2.05, 4.69) is 5.32 Å². The van der Waals surface area contributed by atoms with Gasteiger partial charge in [0.2, 0.25) is 0 Å². The summed E-state index contributed by atoms with van der Waals surface area (Å²) >= 11 is 5.81. The summed E-state index contributed by atoms with van der Waals surface area (Å²) in [6.07, 6.45) is -0.541. The van der Waals surface area contributed by atoms with E-state index < -0.39 is 23.9 Å². The van der Waals surface area contributed by atoms with Crippen LogP contribution in [0.5, 0.6) is 0 Å². The first-order chi connectivity index (χ1) is 8.91. The number of carbonyl (C=O) groups excluding carboxylic acids is 1. The van der Waals surface area contributed by atoms with E-state index in [1.807, 2.05) is 0 Å². The van der Waals surface area contributed by atoms with Crippen molar-refractivity contribution < 1.29 is 24.6 Å². The molecule has 0 saturated heterocycles. The van der Waals surface area contributed by atoms with Gasteiger partial charge in [-0.15, -0.1) is 0 Å². The second kappa shape index (κ2) is 6.75. The lowest BCUT2D eigenvalue weighted by molar-refractivity contribution is -0.140. The number of benzene rings is 1. The molecule has 102 valence electrons. The second-order valence-electron chi connectivity index (χ2n) is 3.78. The van der Waals surface area contributed by atoms with Crippen LogP contribution in [0, 0.1) is 0 Å². The number of hydrogen-bond donors (Lipinski definition) is 3. The second-order valence-corrected chi connectivity index (χ2v) is 4.18. The van der Waals surface area contributed by atoms with Crippen molar-refractivity contribution in [3.63, 3.8) is 0 Å². The molecule has 6 nitrogen and oxygen atoms in total. The van der Waals surface area contributed by atoms with Crippen molar-refractivity contribution >= 4 is 29.4 Å². The van der Waals surface area contributed by atoms with Gasteiger partial charge in [0.1, 0.15) is 6.04 Å². The number of carboxylic acid groups (broad SMARTS) is 2. The molecule has 0 aliphatic rings. The van der Waals surface area contributed by atoms with Crippen molar-refractivity contribution in [1.82, 2.24) is 5.32 Å². The normalized spacial score (nSPS) is 11.6. The van der Waals surface area contributed by atoms with E-state index in [9.17, 15) is 14.4 Å². The van der Waals surface area contributed by atoms with E-state index in [0.717, 1.165) is 0 Å². The van der Waals surface area contributed by atoms with E-state index in [-0.39, 0.29) is 23.4 Å². The predicted molar refractivity (Wildman–Crippen MR) is 67.2 cm³/mol. The molecule has 19 heavy (non-hydrogen) atoms. The van der Waals surface area contributed by atoms with Gasteiger partial charge in [0, 0.05) is 6.42 Å². The van der Waals surface area contributed by atoms with E-state index in [1.165, 1.54) is 12.1 Å². The lowest BCUT2D eigenvalue weighted by Gasteiger charge is -2.14. The van der Waals surface area contributed by atoms with Crippen LogP contribution in [-0.2, 0) is 9.59 Å². The Morgan fingerprint density at radius 1 is 1.21 bits per heavy atom. The molecule has 0 aromatic heterocycles. The van der Waals surface area contributed by atoms with Gasteiger partial charge in [-0.3, -0.25) is 9.59 Å². The summed E-state index contributed by atoms with van der Waals surface area (Å²) < 4.78 is 0. The van der Waals surface area contributed by atoms with Crippen molar-refractivity contribution in [3.05, 3.63) is 34.9 Å². The summed E-state index contributed by atoms with van der Waals surface area (Å²) in [4.78, 5) is 33.2. The van der Waals surface area contributed by atoms with Gasteiger partial charge in [0.15, 0.2) is 0 Å². The Morgan fingerprint density at radius 2 is 1.84 bits per heavy atom. The number of hydrogen-bond acceptors (Lipinski definition) is 3. The van der Waals surface area contributed by atoms with Crippen LogP contribution in [0.1, 0.15) is 23.2 Å². The van der Waals surface area contributed by atoms with Crippen molar-refractivity contribution in [1.29, 1.82) is 0 Å². The van der Waals surface area contributed by atoms with Gasteiger partial charge in [-0.25, -0.2) is 4.79 Å². The number of amides is 1. The van der Waals surface area contributed by atoms with Gasteiger partial charge in [-0.2, -0.15) is 0 Å². The quantitative estimate of drug-likeness (QED) is 0.733. The molecule has 0 heterocycles. The Morgan fingerprint density at radius 3 is 2.37 bits per heavy atom. The molecule has 1 amide bonds. The van der Waals surface area contributed by atoms with E-state index >= 15 is 0 Å². The fourth-order valence-electron chi connectivity index (χ4n) is 1.41. The summed E-state index contributed by atoms with van der Waals surface area (Å²) in [6, 6.07) is 4.92. The average molecular weight is 286 g/mol. The first kappa shape index (κ1) is 15.0. The zero-order valence-electron chi connectivity index (χ0n) is 9.80. The fraction of sp³-hybridized carbons (Fsp3) is 0.250. The van der Waals surface area contributed by atoms with Crippen molar-refractivity contribution in [2.24, 2.45) is 0 Å². The molecule has 0 bridgehead atoms. The van der Waals surface area contributed by atoms with Crippen LogP contribution in [0.4, 0.5) is 0 Å². The van der Waals surface area contributed by atoms with Gasteiger partial charge in [0.05, 0.1) is 10.6 Å². The van der Waals surface area contributed by atoms with Gasteiger partial charge in [0.25, 0.3) is 5.91 Å². The molecule has 1 aromatic rings. The maximum atomic E-state index is 11.8. The van der Waals surface area contributed by atoms with Crippen LogP contribution < -0.4 is 5.32 Å². The molecule has 0 aliphatic heterocycles. The van der Waals surface area contributed by atoms with Crippen LogP contribution in [0.3, 0.4) is 0 Å². The summed E-state index contributed by atoms with van der Waals surface area (Å²) in [5.74, 6) is -3.07. The Kier molecular flexibility index (Phi) is 5.32. The SMILES string of the molecule is O=C(O)CC[C@@H](NC(=O)c1ccccc1Cl)C(=O)O. The van der Waals surface area contributed by atoms with Crippen molar-refractivity contribution in [2.45, 2.75) is 18.9 Å². The molecule has 0 unspecified atom stereocenters. The topological polar surface area (TPSA) is 104 Å². The highest BCUT2D eigenvalue weighted by Crippen LogP contribution is 2.15. The third kappa shape index (κ3) is 4.59. The predicted octanol–water partition coefficient (Wildman–Crippen LogP) is 1.39. The molecule has 0 spiro atoms. The molecule has 1 atom stereocenters. The van der Waals surface area contributed by atoms with Crippen molar-refractivity contribution in [2.75, 3.05) is 0 Å². The number of nitrogens with one attached hydrogen (secondary N) is 1. The summed E-state index contributed by atoms with van der Waals surface area (Å²) in [5, 5.41) is 19.9. The molecule has 3 N–H and O–H groups in total. The average Bonchev–Trinajstić information content (AvgIpc) is 2.34.